The summed E-state index contributed by atoms with van der Waals surface area (Å²) in [5.74, 6) is 7.51. The van der Waals surface area contributed by atoms with Crippen molar-refractivity contribution in [2.45, 2.75) is 13.1 Å². The minimum atomic E-state index is -0.241. The van der Waals surface area contributed by atoms with Crippen LogP contribution in [0.1, 0.15) is 17.0 Å². The number of hydrogen-bond donors (Lipinski definition) is 2. The Morgan fingerprint density at radius 2 is 1.79 bits per heavy atom. The van der Waals surface area contributed by atoms with Crippen molar-refractivity contribution in [2.24, 2.45) is 0 Å². The Kier molecular flexibility index (Phi) is 7.43. The second-order valence-electron chi connectivity index (χ2n) is 9.72. The van der Waals surface area contributed by atoms with E-state index in [4.69, 9.17) is 25.3 Å². The van der Waals surface area contributed by atoms with Gasteiger partial charge in [-0.15, -0.1) is 0 Å². The molecule has 0 aliphatic carbocycles. The van der Waals surface area contributed by atoms with E-state index in [1.165, 1.54) is 6.33 Å². The number of ether oxygens (including phenoxy) is 2. The predicted octanol–water partition coefficient (Wildman–Crippen LogP) is 3.59. The van der Waals surface area contributed by atoms with E-state index in [1.54, 1.807) is 59.9 Å². The normalized spacial score (nSPS) is 11.0. The second-order valence-corrected chi connectivity index (χ2v) is 9.72. The second kappa shape index (κ2) is 11.6. The van der Waals surface area contributed by atoms with E-state index in [9.17, 15) is 9.90 Å². The van der Waals surface area contributed by atoms with Crippen molar-refractivity contribution in [3.8, 4) is 34.6 Å². The number of nitrogens with zero attached hydrogens (tertiary/aromatic N) is 6. The molecule has 0 aliphatic heterocycles. The van der Waals surface area contributed by atoms with Crippen LogP contribution in [0.3, 0.4) is 0 Å². The smallest absolute Gasteiger partial charge is 0.263 e. The monoisotopic (exact) mass is 573 g/mol. The first-order valence-electron chi connectivity index (χ1n) is 13.4. The fourth-order valence-corrected chi connectivity index (χ4v) is 4.95. The molecule has 0 spiro atoms. The summed E-state index contributed by atoms with van der Waals surface area (Å²) in [5, 5.41) is 15.6. The van der Waals surface area contributed by atoms with Gasteiger partial charge in [0, 0.05) is 18.2 Å². The molecule has 0 fully saturated rings. The molecule has 0 amide bonds. The summed E-state index contributed by atoms with van der Waals surface area (Å²) < 4.78 is 13.8. The number of nitrogens with two attached hydrogens (primary N) is 1. The summed E-state index contributed by atoms with van der Waals surface area (Å²) in [7, 11) is 3.17. The molecule has 0 radical (unpaired) electrons. The van der Waals surface area contributed by atoms with Crippen LogP contribution in [-0.2, 0) is 17.8 Å². The highest BCUT2D eigenvalue weighted by molar-refractivity contribution is 5.98. The van der Waals surface area contributed by atoms with Gasteiger partial charge in [0.2, 0.25) is 0 Å². The quantitative estimate of drug-likeness (QED) is 0.274. The lowest BCUT2D eigenvalue weighted by atomic mass is 10.1. The molecule has 43 heavy (non-hydrogen) atoms. The van der Waals surface area contributed by atoms with E-state index in [1.807, 2.05) is 30.3 Å². The van der Waals surface area contributed by atoms with Crippen LogP contribution in [-0.4, -0.2) is 55.2 Å². The Morgan fingerprint density at radius 3 is 2.58 bits per heavy atom. The molecule has 0 saturated carbocycles. The predicted molar refractivity (Wildman–Crippen MR) is 163 cm³/mol. The van der Waals surface area contributed by atoms with Gasteiger partial charge in [0.1, 0.15) is 48.3 Å². The third-order valence-electron chi connectivity index (χ3n) is 6.97. The van der Waals surface area contributed by atoms with Gasteiger partial charge in [-0.25, -0.2) is 19.6 Å². The molecule has 0 unspecified atom stereocenters. The standard InChI is InChI=1S/C32H27N7O4/c1-42-15-5-8-21-7-4-10-25-27(21)32(41)38(17-20-6-3-9-24(16-20)43-2)26(36-25)18-39-31-28(30(33)34-19-35-31)29(37-39)22-11-13-23(40)14-12-22/h3-4,6-7,9-14,16,19,40H,15,17-18H2,1-2H3,(H2,33,34,35). The molecule has 214 valence electrons. The number of phenols is 1. The highest BCUT2D eigenvalue weighted by Crippen LogP contribution is 2.31. The Labute approximate surface area is 246 Å². The number of phenolic OH excluding ortho intramolecular Hbond substituents is 1. The van der Waals surface area contributed by atoms with Crippen molar-refractivity contribution in [1.82, 2.24) is 29.3 Å². The first kappa shape index (κ1) is 27.4. The van der Waals surface area contributed by atoms with E-state index < -0.39 is 0 Å². The zero-order valence-corrected chi connectivity index (χ0v) is 23.5. The highest BCUT2D eigenvalue weighted by atomic mass is 16.5. The zero-order valence-electron chi connectivity index (χ0n) is 23.5. The number of anilines is 1. The Morgan fingerprint density at radius 1 is 0.977 bits per heavy atom. The summed E-state index contributed by atoms with van der Waals surface area (Å²) in [6, 6.07) is 19.6. The van der Waals surface area contributed by atoms with E-state index in [0.717, 1.165) is 11.1 Å². The van der Waals surface area contributed by atoms with Crippen molar-refractivity contribution < 1.29 is 14.6 Å². The lowest BCUT2D eigenvalue weighted by Gasteiger charge is -2.15. The summed E-state index contributed by atoms with van der Waals surface area (Å²) in [5.41, 5.74) is 9.74. The zero-order chi connectivity index (χ0) is 29.9. The van der Waals surface area contributed by atoms with Crippen molar-refractivity contribution >= 4 is 27.8 Å². The van der Waals surface area contributed by atoms with Gasteiger partial charge in [0.15, 0.2) is 5.65 Å². The first-order chi connectivity index (χ1) is 21.0. The van der Waals surface area contributed by atoms with Crippen LogP contribution in [0.5, 0.6) is 11.5 Å². The van der Waals surface area contributed by atoms with Crippen molar-refractivity contribution in [2.75, 3.05) is 26.6 Å². The average Bonchev–Trinajstić information content (AvgIpc) is 3.39. The highest BCUT2D eigenvalue weighted by Gasteiger charge is 2.20. The molecule has 3 aromatic carbocycles. The van der Waals surface area contributed by atoms with Gasteiger partial charge in [-0.05, 0) is 54.1 Å². The number of methoxy groups -OCH3 is 2. The van der Waals surface area contributed by atoms with Crippen LogP contribution in [0.4, 0.5) is 5.82 Å². The summed E-state index contributed by atoms with van der Waals surface area (Å²) in [4.78, 5) is 27.8. The number of nitrogen functional groups attached to an aromatic ring is 1. The maximum atomic E-state index is 14.2. The molecule has 6 aromatic rings. The van der Waals surface area contributed by atoms with Crippen LogP contribution < -0.4 is 16.0 Å². The molecule has 0 aliphatic rings. The molecule has 0 bridgehead atoms. The van der Waals surface area contributed by atoms with Crippen molar-refractivity contribution in [1.29, 1.82) is 0 Å². The summed E-state index contributed by atoms with van der Waals surface area (Å²) in [6.07, 6.45) is 1.37. The molecule has 6 rings (SSSR count). The van der Waals surface area contributed by atoms with E-state index in [2.05, 4.69) is 21.8 Å². The number of hydrogen-bond acceptors (Lipinski definition) is 9. The molecule has 0 atom stereocenters. The number of benzene rings is 3. The fraction of sp³-hybridized carbons (Fsp3) is 0.156. The Hall–Kier alpha value is -5.73. The number of fused-ring (bicyclic) bond motifs is 2. The lowest BCUT2D eigenvalue weighted by molar-refractivity contribution is 0.240. The third kappa shape index (κ3) is 5.35. The summed E-state index contributed by atoms with van der Waals surface area (Å²) >= 11 is 0. The van der Waals surface area contributed by atoms with Crippen molar-refractivity contribution in [3.05, 3.63) is 100 Å². The topological polar surface area (TPSA) is 143 Å². The maximum absolute atomic E-state index is 14.2. The van der Waals surface area contributed by atoms with E-state index in [-0.39, 0.29) is 36.8 Å². The molecule has 3 N–H and O–H groups in total. The van der Waals surface area contributed by atoms with Crippen LogP contribution in [0, 0.1) is 11.8 Å². The van der Waals surface area contributed by atoms with Gasteiger partial charge in [0.05, 0.1) is 29.9 Å². The first-order valence-corrected chi connectivity index (χ1v) is 13.4. The van der Waals surface area contributed by atoms with Gasteiger partial charge < -0.3 is 20.3 Å². The van der Waals surface area contributed by atoms with Gasteiger partial charge in [-0.2, -0.15) is 5.10 Å². The minimum absolute atomic E-state index is 0.111. The molecule has 11 heteroatoms. The number of rotatable bonds is 7. The lowest BCUT2D eigenvalue weighted by Crippen LogP contribution is -2.28. The maximum Gasteiger partial charge on any atom is 0.263 e. The van der Waals surface area contributed by atoms with Gasteiger partial charge >= 0.3 is 0 Å². The van der Waals surface area contributed by atoms with Gasteiger partial charge in [0.25, 0.3) is 5.56 Å². The van der Waals surface area contributed by atoms with Crippen LogP contribution in [0.25, 0.3) is 33.2 Å². The fourth-order valence-electron chi connectivity index (χ4n) is 4.95. The summed E-state index contributed by atoms with van der Waals surface area (Å²) in [6.45, 7) is 0.579. The van der Waals surface area contributed by atoms with Crippen LogP contribution in [0.15, 0.2) is 77.9 Å². The molecular formula is C32H27N7O4. The van der Waals surface area contributed by atoms with Gasteiger partial charge in [-0.1, -0.05) is 30.0 Å². The minimum Gasteiger partial charge on any atom is -0.508 e. The van der Waals surface area contributed by atoms with E-state index in [0.29, 0.717) is 44.8 Å². The number of aromatic hydroxyl groups is 1. The SMILES string of the molecule is COCC#Cc1cccc2nc(Cn3nc(-c4ccc(O)cc4)c4c(N)ncnc43)n(Cc3cccc(OC)c3)c(=O)c12. The average molecular weight is 574 g/mol. The number of aromatic nitrogens is 6. The van der Waals surface area contributed by atoms with E-state index >= 15 is 0 Å². The van der Waals surface area contributed by atoms with Crippen molar-refractivity contribution in [3.63, 3.8) is 0 Å². The largest absolute Gasteiger partial charge is 0.508 e. The molecule has 3 aromatic heterocycles. The van der Waals surface area contributed by atoms with Gasteiger partial charge in [-0.3, -0.25) is 9.36 Å². The molecule has 0 saturated heterocycles. The Balaban J connectivity index is 1.55. The molecule has 3 heterocycles. The van der Waals surface area contributed by atoms with Crippen LogP contribution >= 0.6 is 0 Å². The molecular weight excluding hydrogens is 546 g/mol. The van der Waals surface area contributed by atoms with Crippen LogP contribution in [0.2, 0.25) is 0 Å². The third-order valence-corrected chi connectivity index (χ3v) is 6.97. The molecule has 11 nitrogen and oxygen atoms in total. The Bertz CT molecular complexity index is 2090.